The lowest BCUT2D eigenvalue weighted by Crippen LogP contribution is -2.51. The standard InChI is InChI=1S/C34H43N5O5S/c1-3-44-29-15-13-26(14-16-29)27-9-6-11-30(23-27)45(42,43)38-31(22-25-8-4-10-28(21-25)33(35)36)34(41)39-19-17-24(18-20-39)7-5-12-32(40)37-2/h4,6,8-11,13-16,21,23-24,31,38H,3,5,7,12,17-20,22H2,1-2H3,(H3,35,36)(H,37,40)/t31-/m0/s1. The van der Waals surface area contributed by atoms with Gasteiger partial charge in [-0.05, 0) is 92.0 Å². The highest BCUT2D eigenvalue weighted by Crippen LogP contribution is 2.26. The minimum atomic E-state index is -4.10. The average molecular weight is 634 g/mol. The first kappa shape index (κ1) is 33.7. The molecule has 5 N–H and O–H groups in total. The number of carbonyl (C=O) groups is 2. The zero-order valence-electron chi connectivity index (χ0n) is 25.9. The highest BCUT2D eigenvalue weighted by Gasteiger charge is 2.32. The van der Waals surface area contributed by atoms with Crippen molar-refractivity contribution in [3.8, 4) is 16.9 Å². The zero-order valence-corrected chi connectivity index (χ0v) is 26.7. The number of benzene rings is 3. The van der Waals surface area contributed by atoms with Crippen LogP contribution in [0.4, 0.5) is 0 Å². The number of amides is 2. The summed E-state index contributed by atoms with van der Waals surface area (Å²) in [4.78, 5) is 27.3. The van der Waals surface area contributed by atoms with E-state index in [0.29, 0.717) is 43.2 Å². The molecule has 1 heterocycles. The van der Waals surface area contributed by atoms with E-state index < -0.39 is 16.1 Å². The number of piperidine rings is 1. The highest BCUT2D eigenvalue weighted by molar-refractivity contribution is 7.89. The van der Waals surface area contributed by atoms with Crippen molar-refractivity contribution in [3.05, 3.63) is 83.9 Å². The highest BCUT2D eigenvalue weighted by atomic mass is 32.2. The fraction of sp³-hybridized carbons (Fsp3) is 0.382. The minimum absolute atomic E-state index is 0.0246. The van der Waals surface area contributed by atoms with Crippen molar-refractivity contribution in [3.63, 3.8) is 0 Å². The van der Waals surface area contributed by atoms with Gasteiger partial charge in [0.1, 0.15) is 17.6 Å². The summed E-state index contributed by atoms with van der Waals surface area (Å²) in [5.74, 6) is 0.765. The summed E-state index contributed by atoms with van der Waals surface area (Å²) < 4.78 is 35.8. The third-order valence-corrected chi connectivity index (χ3v) is 9.61. The molecule has 240 valence electrons. The van der Waals surface area contributed by atoms with Gasteiger partial charge < -0.3 is 20.7 Å². The maximum absolute atomic E-state index is 13.9. The van der Waals surface area contributed by atoms with Gasteiger partial charge in [0, 0.05) is 32.1 Å². The Morgan fingerprint density at radius 3 is 2.40 bits per heavy atom. The third kappa shape index (κ3) is 9.39. The smallest absolute Gasteiger partial charge is 0.241 e. The molecule has 3 aromatic rings. The minimum Gasteiger partial charge on any atom is -0.494 e. The van der Waals surface area contributed by atoms with Crippen LogP contribution in [0.2, 0.25) is 0 Å². The molecular formula is C34H43N5O5S. The van der Waals surface area contributed by atoms with Gasteiger partial charge in [0.2, 0.25) is 21.8 Å². The number of nitrogens with zero attached hydrogens (tertiary/aromatic N) is 1. The summed E-state index contributed by atoms with van der Waals surface area (Å²) >= 11 is 0. The first-order chi connectivity index (χ1) is 21.6. The molecule has 0 bridgehead atoms. The summed E-state index contributed by atoms with van der Waals surface area (Å²) in [6.07, 6.45) is 3.88. The number of nitrogen functional groups attached to an aromatic ring is 1. The number of hydrogen-bond donors (Lipinski definition) is 4. The SMILES string of the molecule is CCOc1ccc(-c2cccc(S(=O)(=O)N[C@@H](Cc3cccc(C(=N)N)c3)C(=O)N3CCC(CCCC(=O)NC)CC3)c2)cc1. The number of likely N-dealkylation sites (tertiary alicyclic amines) is 1. The van der Waals surface area contributed by atoms with Crippen LogP contribution < -0.4 is 20.5 Å². The Morgan fingerprint density at radius 1 is 1.02 bits per heavy atom. The van der Waals surface area contributed by atoms with E-state index in [1.165, 1.54) is 6.07 Å². The molecule has 4 rings (SSSR count). The molecule has 3 aromatic carbocycles. The first-order valence-corrected chi connectivity index (χ1v) is 16.9. The van der Waals surface area contributed by atoms with E-state index >= 15 is 0 Å². The molecule has 0 aromatic heterocycles. The van der Waals surface area contributed by atoms with Crippen LogP contribution in [-0.4, -0.2) is 63.8 Å². The molecule has 0 radical (unpaired) electrons. The number of nitrogens with two attached hydrogens (primary N) is 1. The Labute approximate surface area is 265 Å². The second-order valence-corrected chi connectivity index (χ2v) is 13.0. The number of hydrogen-bond acceptors (Lipinski definition) is 6. The zero-order chi connectivity index (χ0) is 32.4. The summed E-state index contributed by atoms with van der Waals surface area (Å²) in [5, 5.41) is 10.4. The monoisotopic (exact) mass is 633 g/mol. The van der Waals surface area contributed by atoms with Crippen molar-refractivity contribution in [2.24, 2.45) is 11.7 Å². The molecule has 0 saturated carbocycles. The van der Waals surface area contributed by atoms with Gasteiger partial charge in [0.05, 0.1) is 11.5 Å². The van der Waals surface area contributed by atoms with Gasteiger partial charge in [0.25, 0.3) is 0 Å². The molecule has 2 amide bonds. The molecule has 10 nitrogen and oxygen atoms in total. The summed E-state index contributed by atoms with van der Waals surface area (Å²) in [6.45, 7) is 3.49. The van der Waals surface area contributed by atoms with E-state index in [4.69, 9.17) is 15.9 Å². The normalized spacial score (nSPS) is 14.5. The molecule has 1 fully saturated rings. The van der Waals surface area contributed by atoms with E-state index in [2.05, 4.69) is 10.0 Å². The predicted molar refractivity (Wildman–Crippen MR) is 176 cm³/mol. The van der Waals surface area contributed by atoms with Crippen LogP contribution in [0, 0.1) is 11.3 Å². The third-order valence-electron chi connectivity index (χ3n) is 8.14. The Kier molecular flexibility index (Phi) is 11.7. The van der Waals surface area contributed by atoms with Gasteiger partial charge >= 0.3 is 0 Å². The maximum Gasteiger partial charge on any atom is 0.241 e. The number of sulfonamides is 1. The fourth-order valence-corrected chi connectivity index (χ4v) is 6.86. The van der Waals surface area contributed by atoms with Gasteiger partial charge in [-0.3, -0.25) is 15.0 Å². The number of carbonyl (C=O) groups excluding carboxylic acids is 2. The maximum atomic E-state index is 13.9. The topological polar surface area (TPSA) is 155 Å². The van der Waals surface area contributed by atoms with Crippen LogP contribution in [-0.2, 0) is 26.0 Å². The van der Waals surface area contributed by atoms with Crippen molar-refractivity contribution >= 4 is 27.7 Å². The van der Waals surface area contributed by atoms with Gasteiger partial charge in [0.15, 0.2) is 0 Å². The van der Waals surface area contributed by atoms with Crippen molar-refractivity contribution in [2.75, 3.05) is 26.7 Å². The molecule has 45 heavy (non-hydrogen) atoms. The molecule has 11 heteroatoms. The first-order valence-electron chi connectivity index (χ1n) is 15.4. The molecule has 1 saturated heterocycles. The molecule has 0 aliphatic carbocycles. The summed E-state index contributed by atoms with van der Waals surface area (Å²) in [7, 11) is -2.47. The van der Waals surface area contributed by atoms with Crippen LogP contribution in [0.5, 0.6) is 5.75 Å². The van der Waals surface area contributed by atoms with Crippen LogP contribution in [0.3, 0.4) is 0 Å². The second kappa shape index (κ2) is 15.7. The van der Waals surface area contributed by atoms with Crippen LogP contribution in [0.15, 0.2) is 77.7 Å². The van der Waals surface area contributed by atoms with Gasteiger partial charge in [-0.1, -0.05) is 42.5 Å². The van der Waals surface area contributed by atoms with Crippen LogP contribution >= 0.6 is 0 Å². The van der Waals surface area contributed by atoms with Gasteiger partial charge in [-0.2, -0.15) is 4.72 Å². The predicted octanol–water partition coefficient (Wildman–Crippen LogP) is 4.08. The number of amidine groups is 1. The van der Waals surface area contributed by atoms with E-state index in [1.807, 2.05) is 37.3 Å². The van der Waals surface area contributed by atoms with Crippen molar-refractivity contribution in [2.45, 2.75) is 56.4 Å². The van der Waals surface area contributed by atoms with Crippen molar-refractivity contribution < 1.29 is 22.7 Å². The van der Waals surface area contributed by atoms with Crippen molar-refractivity contribution in [1.82, 2.24) is 14.9 Å². The lowest BCUT2D eigenvalue weighted by atomic mass is 9.91. The molecular weight excluding hydrogens is 590 g/mol. The largest absolute Gasteiger partial charge is 0.494 e. The number of rotatable bonds is 14. The van der Waals surface area contributed by atoms with Crippen LogP contribution in [0.1, 0.15) is 50.2 Å². The quantitative estimate of drug-likeness (QED) is 0.155. The van der Waals surface area contributed by atoms with Crippen LogP contribution in [0.25, 0.3) is 11.1 Å². The van der Waals surface area contributed by atoms with Gasteiger partial charge in [-0.25, -0.2) is 8.42 Å². The Balaban J connectivity index is 1.53. The molecule has 1 aliphatic heterocycles. The Hall–Kier alpha value is -4.22. The number of ether oxygens (including phenoxy) is 1. The lowest BCUT2D eigenvalue weighted by molar-refractivity contribution is -0.134. The molecule has 0 unspecified atom stereocenters. The Bertz CT molecular complexity index is 1580. The Morgan fingerprint density at radius 2 is 1.73 bits per heavy atom. The molecule has 1 atom stereocenters. The van der Waals surface area contributed by atoms with E-state index in [-0.39, 0.29) is 29.0 Å². The van der Waals surface area contributed by atoms with Crippen molar-refractivity contribution in [1.29, 1.82) is 5.41 Å². The molecule has 1 aliphatic rings. The summed E-state index contributed by atoms with van der Waals surface area (Å²) in [6, 6.07) is 20.0. The molecule has 0 spiro atoms. The summed E-state index contributed by atoms with van der Waals surface area (Å²) in [5.41, 5.74) is 8.44. The van der Waals surface area contributed by atoms with E-state index in [1.54, 1.807) is 48.3 Å². The number of nitrogens with one attached hydrogen (secondary N) is 3. The second-order valence-electron chi connectivity index (χ2n) is 11.3. The van der Waals surface area contributed by atoms with E-state index in [0.717, 1.165) is 42.6 Å². The van der Waals surface area contributed by atoms with E-state index in [9.17, 15) is 18.0 Å². The lowest BCUT2D eigenvalue weighted by Gasteiger charge is -2.34. The fourth-order valence-electron chi connectivity index (χ4n) is 5.63. The average Bonchev–Trinajstić information content (AvgIpc) is 3.05. The van der Waals surface area contributed by atoms with Gasteiger partial charge in [-0.15, -0.1) is 0 Å².